The second-order valence-electron chi connectivity index (χ2n) is 5.26. The monoisotopic (exact) mass is 366 g/mol. The Kier molecular flexibility index (Phi) is 4.84. The molecule has 1 amide bonds. The molecular weight excluding hydrogens is 353 g/mol. The molecule has 0 aliphatic heterocycles. The Hall–Kier alpha value is -2.68. The van der Waals surface area contributed by atoms with E-state index < -0.39 is 11.7 Å². The van der Waals surface area contributed by atoms with E-state index in [1.54, 1.807) is 10.9 Å². The van der Waals surface area contributed by atoms with Crippen LogP contribution >= 0.6 is 11.3 Å². The van der Waals surface area contributed by atoms with Crippen molar-refractivity contribution in [3.63, 3.8) is 0 Å². The lowest BCUT2D eigenvalue weighted by molar-refractivity contribution is -0.137. The number of thiophene rings is 1. The number of carbonyl (C=O) groups excluding carboxylic acids is 1. The van der Waals surface area contributed by atoms with E-state index in [4.69, 9.17) is 0 Å². The Balaban J connectivity index is 1.57. The van der Waals surface area contributed by atoms with Crippen LogP contribution in [0.25, 0.3) is 5.00 Å². The van der Waals surface area contributed by atoms with Gasteiger partial charge in [0.05, 0.1) is 24.7 Å². The third-order valence-electron chi connectivity index (χ3n) is 3.36. The van der Waals surface area contributed by atoms with Crippen LogP contribution in [0.3, 0.4) is 0 Å². The van der Waals surface area contributed by atoms with Crippen LogP contribution < -0.4 is 5.32 Å². The molecule has 130 valence electrons. The lowest BCUT2D eigenvalue weighted by atomic mass is 10.1. The molecule has 2 aromatic heterocycles. The van der Waals surface area contributed by atoms with Crippen LogP contribution in [0.5, 0.6) is 0 Å². The molecule has 1 N–H and O–H groups in total. The fraction of sp³-hybridized carbons (Fsp3) is 0.188. The van der Waals surface area contributed by atoms with Crippen molar-refractivity contribution in [2.24, 2.45) is 0 Å². The van der Waals surface area contributed by atoms with Gasteiger partial charge in [-0.25, -0.2) is 4.68 Å². The number of hydrogen-bond acceptors (Lipinski definition) is 4. The van der Waals surface area contributed by atoms with Gasteiger partial charge in [0.1, 0.15) is 10.7 Å². The van der Waals surface area contributed by atoms with Gasteiger partial charge >= 0.3 is 6.18 Å². The minimum absolute atomic E-state index is 0.136. The van der Waals surface area contributed by atoms with Gasteiger partial charge in [-0.15, -0.1) is 16.4 Å². The van der Waals surface area contributed by atoms with Crippen molar-refractivity contribution in [3.05, 3.63) is 64.8 Å². The van der Waals surface area contributed by atoms with Gasteiger partial charge in [-0.3, -0.25) is 4.79 Å². The van der Waals surface area contributed by atoms with Gasteiger partial charge in [-0.05, 0) is 29.1 Å². The highest BCUT2D eigenvalue weighted by atomic mass is 32.1. The molecule has 1 aromatic carbocycles. The number of hydrogen-bond donors (Lipinski definition) is 1. The summed E-state index contributed by atoms with van der Waals surface area (Å²) in [5, 5.41) is 13.4. The first-order valence-corrected chi connectivity index (χ1v) is 8.18. The van der Waals surface area contributed by atoms with E-state index >= 15 is 0 Å². The third kappa shape index (κ3) is 4.44. The van der Waals surface area contributed by atoms with Gasteiger partial charge in [0, 0.05) is 0 Å². The third-order valence-corrected chi connectivity index (χ3v) is 4.22. The highest BCUT2D eigenvalue weighted by molar-refractivity contribution is 7.12. The van der Waals surface area contributed by atoms with Crippen molar-refractivity contribution in [3.8, 4) is 5.00 Å². The summed E-state index contributed by atoms with van der Waals surface area (Å²) in [6.07, 6.45) is -2.87. The molecule has 0 unspecified atom stereocenters. The average Bonchev–Trinajstić information content (AvgIpc) is 3.24. The molecular formula is C16H13F3N4OS. The number of benzene rings is 1. The normalized spacial score (nSPS) is 11.5. The van der Waals surface area contributed by atoms with Crippen molar-refractivity contribution in [1.82, 2.24) is 20.3 Å². The number of amides is 1. The number of nitrogens with zero attached hydrogens (tertiary/aromatic N) is 3. The van der Waals surface area contributed by atoms with Gasteiger partial charge in [0.15, 0.2) is 0 Å². The molecule has 0 saturated carbocycles. The van der Waals surface area contributed by atoms with E-state index in [1.165, 1.54) is 23.5 Å². The molecule has 0 aliphatic rings. The van der Waals surface area contributed by atoms with Crippen LogP contribution in [0, 0.1) is 0 Å². The van der Waals surface area contributed by atoms with Crippen LogP contribution in [0.1, 0.15) is 16.8 Å². The fourth-order valence-electron chi connectivity index (χ4n) is 2.18. The number of alkyl halides is 3. The molecule has 0 atom stereocenters. The SMILES string of the molecule is O=C(Cc1cccc(C(F)(F)F)c1)NCc1cn(-c2cccs2)nn1. The van der Waals surface area contributed by atoms with Gasteiger partial charge < -0.3 is 5.32 Å². The minimum atomic E-state index is -4.42. The van der Waals surface area contributed by atoms with Gasteiger partial charge in [0.2, 0.25) is 5.91 Å². The minimum Gasteiger partial charge on any atom is -0.350 e. The maximum atomic E-state index is 12.7. The predicted molar refractivity (Wildman–Crippen MR) is 86.2 cm³/mol. The summed E-state index contributed by atoms with van der Waals surface area (Å²) in [6.45, 7) is 0.156. The second kappa shape index (κ2) is 7.06. The summed E-state index contributed by atoms with van der Waals surface area (Å²) in [4.78, 5) is 11.9. The fourth-order valence-corrected chi connectivity index (χ4v) is 2.83. The molecule has 0 fully saturated rings. The van der Waals surface area contributed by atoms with Gasteiger partial charge in [0.25, 0.3) is 0 Å². The summed E-state index contributed by atoms with van der Waals surface area (Å²) in [6, 6.07) is 8.50. The number of nitrogens with one attached hydrogen (secondary N) is 1. The van der Waals surface area contributed by atoms with E-state index in [0.29, 0.717) is 11.3 Å². The second-order valence-corrected chi connectivity index (χ2v) is 6.18. The molecule has 0 spiro atoms. The van der Waals surface area contributed by atoms with Gasteiger partial charge in [-0.1, -0.05) is 23.4 Å². The maximum absolute atomic E-state index is 12.7. The van der Waals surface area contributed by atoms with Crippen molar-refractivity contribution in [2.45, 2.75) is 19.1 Å². The van der Waals surface area contributed by atoms with Crippen LogP contribution in [0.15, 0.2) is 48.0 Å². The molecule has 3 rings (SSSR count). The predicted octanol–water partition coefficient (Wildman–Crippen LogP) is 3.21. The lowest BCUT2D eigenvalue weighted by Crippen LogP contribution is -2.24. The van der Waals surface area contributed by atoms with Crippen LogP contribution in [0.2, 0.25) is 0 Å². The highest BCUT2D eigenvalue weighted by Gasteiger charge is 2.30. The zero-order chi connectivity index (χ0) is 17.9. The van der Waals surface area contributed by atoms with Crippen molar-refractivity contribution >= 4 is 17.2 Å². The van der Waals surface area contributed by atoms with E-state index in [0.717, 1.165) is 17.1 Å². The zero-order valence-corrected chi connectivity index (χ0v) is 13.6. The average molecular weight is 366 g/mol. The Morgan fingerprint density at radius 2 is 2.08 bits per heavy atom. The summed E-state index contributed by atoms with van der Waals surface area (Å²) < 4.78 is 39.6. The van der Waals surface area contributed by atoms with Crippen molar-refractivity contribution < 1.29 is 18.0 Å². The highest BCUT2D eigenvalue weighted by Crippen LogP contribution is 2.29. The van der Waals surface area contributed by atoms with Crippen molar-refractivity contribution in [1.29, 1.82) is 0 Å². The molecule has 5 nitrogen and oxygen atoms in total. The molecule has 2 heterocycles. The van der Waals surface area contributed by atoms with E-state index in [1.807, 2.05) is 17.5 Å². The molecule has 0 saturated heterocycles. The molecule has 0 aliphatic carbocycles. The first-order valence-electron chi connectivity index (χ1n) is 7.30. The number of halogens is 3. The summed E-state index contributed by atoms with van der Waals surface area (Å²) >= 11 is 1.50. The standard InChI is InChI=1S/C16H13F3N4OS/c17-16(18,19)12-4-1-3-11(7-12)8-14(24)20-9-13-10-23(22-21-13)15-5-2-6-25-15/h1-7,10H,8-9H2,(H,20,24). The van der Waals surface area contributed by atoms with Crippen LogP contribution in [0.4, 0.5) is 13.2 Å². The largest absolute Gasteiger partial charge is 0.416 e. The quantitative estimate of drug-likeness (QED) is 0.754. The molecule has 0 radical (unpaired) electrons. The Labute approximate surface area is 145 Å². The van der Waals surface area contributed by atoms with Gasteiger partial charge in [-0.2, -0.15) is 13.2 Å². The van der Waals surface area contributed by atoms with Crippen LogP contribution in [-0.4, -0.2) is 20.9 Å². The van der Waals surface area contributed by atoms with E-state index in [-0.39, 0.29) is 18.9 Å². The molecule has 9 heteroatoms. The molecule has 3 aromatic rings. The Morgan fingerprint density at radius 3 is 2.80 bits per heavy atom. The first kappa shape index (κ1) is 17.2. The van der Waals surface area contributed by atoms with Crippen molar-refractivity contribution in [2.75, 3.05) is 0 Å². The number of rotatable bonds is 5. The summed E-state index contributed by atoms with van der Waals surface area (Å²) in [5.41, 5.74) is 0.0945. The summed E-state index contributed by atoms with van der Waals surface area (Å²) in [5.74, 6) is -0.384. The summed E-state index contributed by atoms with van der Waals surface area (Å²) in [7, 11) is 0. The lowest BCUT2D eigenvalue weighted by Gasteiger charge is -2.08. The first-order chi connectivity index (χ1) is 11.9. The molecule has 0 bridgehead atoms. The Morgan fingerprint density at radius 1 is 1.24 bits per heavy atom. The Bertz CT molecular complexity index is 858. The number of aromatic nitrogens is 3. The van der Waals surface area contributed by atoms with E-state index in [9.17, 15) is 18.0 Å². The topological polar surface area (TPSA) is 59.8 Å². The molecule has 25 heavy (non-hydrogen) atoms. The van der Waals surface area contributed by atoms with Crippen LogP contribution in [-0.2, 0) is 23.9 Å². The maximum Gasteiger partial charge on any atom is 0.416 e. The number of carbonyl (C=O) groups is 1. The van der Waals surface area contributed by atoms with E-state index in [2.05, 4.69) is 15.6 Å². The zero-order valence-electron chi connectivity index (χ0n) is 12.8. The smallest absolute Gasteiger partial charge is 0.350 e.